The van der Waals surface area contributed by atoms with Gasteiger partial charge in [0.25, 0.3) is 0 Å². The molecule has 2 unspecified atom stereocenters. The summed E-state index contributed by atoms with van der Waals surface area (Å²) < 4.78 is 5.18. The minimum absolute atomic E-state index is 0.322. The zero-order valence-electron chi connectivity index (χ0n) is 10.5. The Labute approximate surface area is 107 Å². The molecule has 0 aromatic carbocycles. The Bertz CT molecular complexity index is 399. The van der Waals surface area contributed by atoms with Crippen LogP contribution in [-0.4, -0.2) is 35.5 Å². The summed E-state index contributed by atoms with van der Waals surface area (Å²) in [5.74, 6) is 2.54. The standard InChI is InChI=1S/C12H18ClN3O/c1-8-4-5-16(10(8)7-13)12-14-9(2)6-11(15-12)17-3/h6,8,10H,4-5,7H2,1-3H3. The molecule has 2 atom stereocenters. The van der Waals surface area contributed by atoms with Gasteiger partial charge in [-0.3, -0.25) is 0 Å². The Morgan fingerprint density at radius 3 is 2.94 bits per heavy atom. The van der Waals surface area contributed by atoms with Gasteiger partial charge in [0.05, 0.1) is 7.11 Å². The second-order valence-electron chi connectivity index (χ2n) is 4.53. The lowest BCUT2D eigenvalue weighted by Crippen LogP contribution is -2.35. The number of hydrogen-bond donors (Lipinski definition) is 0. The third-order valence-corrected chi connectivity index (χ3v) is 3.64. The molecular formula is C12H18ClN3O. The molecule has 4 nitrogen and oxygen atoms in total. The third-order valence-electron chi connectivity index (χ3n) is 3.33. The van der Waals surface area contributed by atoms with Gasteiger partial charge in [-0.05, 0) is 19.3 Å². The molecule has 1 aliphatic rings. The van der Waals surface area contributed by atoms with Crippen molar-refractivity contribution < 1.29 is 4.74 Å². The van der Waals surface area contributed by atoms with Crippen molar-refractivity contribution >= 4 is 17.5 Å². The number of hydrogen-bond acceptors (Lipinski definition) is 4. The summed E-state index contributed by atoms with van der Waals surface area (Å²) in [6, 6.07) is 2.15. The number of ether oxygens (including phenoxy) is 1. The maximum atomic E-state index is 6.03. The van der Waals surface area contributed by atoms with Crippen LogP contribution in [0.5, 0.6) is 5.88 Å². The van der Waals surface area contributed by atoms with Crippen molar-refractivity contribution in [3.63, 3.8) is 0 Å². The van der Waals surface area contributed by atoms with Crippen LogP contribution in [0.4, 0.5) is 5.95 Å². The highest BCUT2D eigenvalue weighted by Crippen LogP contribution is 2.29. The van der Waals surface area contributed by atoms with Crippen molar-refractivity contribution in [1.82, 2.24) is 9.97 Å². The van der Waals surface area contributed by atoms with Crippen LogP contribution < -0.4 is 9.64 Å². The number of methoxy groups -OCH3 is 1. The van der Waals surface area contributed by atoms with Gasteiger partial charge in [0.1, 0.15) is 0 Å². The fourth-order valence-corrected chi connectivity index (χ4v) is 2.72. The van der Waals surface area contributed by atoms with E-state index in [-0.39, 0.29) is 0 Å². The quantitative estimate of drug-likeness (QED) is 0.777. The predicted molar refractivity (Wildman–Crippen MR) is 69.0 cm³/mol. The summed E-state index contributed by atoms with van der Waals surface area (Å²) in [5, 5.41) is 0. The van der Waals surface area contributed by atoms with Crippen LogP contribution in [0, 0.1) is 12.8 Å². The lowest BCUT2D eigenvalue weighted by molar-refractivity contribution is 0.396. The van der Waals surface area contributed by atoms with E-state index in [2.05, 4.69) is 21.8 Å². The van der Waals surface area contributed by atoms with Gasteiger partial charge in [-0.1, -0.05) is 6.92 Å². The van der Waals surface area contributed by atoms with E-state index in [0.29, 0.717) is 23.7 Å². The molecule has 94 valence electrons. The number of aromatic nitrogens is 2. The number of aryl methyl sites for hydroxylation is 1. The highest BCUT2D eigenvalue weighted by atomic mass is 35.5. The van der Waals surface area contributed by atoms with Crippen molar-refractivity contribution in [2.45, 2.75) is 26.3 Å². The fourth-order valence-electron chi connectivity index (χ4n) is 2.25. The molecule has 2 rings (SSSR count). The molecular weight excluding hydrogens is 238 g/mol. The van der Waals surface area contributed by atoms with Crippen LogP contribution in [0.25, 0.3) is 0 Å². The second-order valence-corrected chi connectivity index (χ2v) is 4.84. The Kier molecular flexibility index (Phi) is 3.72. The van der Waals surface area contributed by atoms with Gasteiger partial charge in [-0.25, -0.2) is 4.98 Å². The second kappa shape index (κ2) is 5.08. The summed E-state index contributed by atoms with van der Waals surface area (Å²) in [6.07, 6.45) is 1.14. The van der Waals surface area contributed by atoms with Gasteiger partial charge in [-0.15, -0.1) is 11.6 Å². The molecule has 0 amide bonds. The van der Waals surface area contributed by atoms with E-state index in [1.165, 1.54) is 0 Å². The topological polar surface area (TPSA) is 38.2 Å². The van der Waals surface area contributed by atoms with E-state index in [1.807, 2.05) is 13.0 Å². The van der Waals surface area contributed by atoms with E-state index in [4.69, 9.17) is 16.3 Å². The zero-order chi connectivity index (χ0) is 12.4. The van der Waals surface area contributed by atoms with Crippen molar-refractivity contribution in [2.75, 3.05) is 24.4 Å². The molecule has 1 fully saturated rings. The molecule has 0 spiro atoms. The molecule has 1 aromatic rings. The normalized spacial score (nSPS) is 24.1. The van der Waals surface area contributed by atoms with E-state index >= 15 is 0 Å². The molecule has 1 aliphatic heterocycles. The van der Waals surface area contributed by atoms with E-state index in [1.54, 1.807) is 7.11 Å². The predicted octanol–water partition coefficient (Wildman–Crippen LogP) is 2.25. The summed E-state index contributed by atoms with van der Waals surface area (Å²) in [6.45, 7) is 5.13. The fraction of sp³-hybridized carbons (Fsp3) is 0.667. The molecule has 0 N–H and O–H groups in total. The zero-order valence-corrected chi connectivity index (χ0v) is 11.2. The summed E-state index contributed by atoms with van der Waals surface area (Å²) >= 11 is 6.03. The highest BCUT2D eigenvalue weighted by molar-refractivity contribution is 6.18. The number of alkyl halides is 1. The van der Waals surface area contributed by atoms with Crippen molar-refractivity contribution in [3.8, 4) is 5.88 Å². The first-order valence-corrected chi connectivity index (χ1v) is 6.41. The minimum atomic E-state index is 0.322. The average molecular weight is 256 g/mol. The first-order chi connectivity index (χ1) is 8.15. The van der Waals surface area contributed by atoms with Gasteiger partial charge < -0.3 is 9.64 Å². The summed E-state index contributed by atoms with van der Waals surface area (Å²) in [4.78, 5) is 11.1. The van der Waals surface area contributed by atoms with Gasteiger partial charge >= 0.3 is 0 Å². The Hall–Kier alpha value is -1.03. The van der Waals surface area contributed by atoms with E-state index in [9.17, 15) is 0 Å². The lowest BCUT2D eigenvalue weighted by atomic mass is 10.1. The number of anilines is 1. The van der Waals surface area contributed by atoms with Crippen molar-refractivity contribution in [2.24, 2.45) is 5.92 Å². The monoisotopic (exact) mass is 255 g/mol. The molecule has 1 saturated heterocycles. The Balaban J connectivity index is 2.30. The first-order valence-electron chi connectivity index (χ1n) is 5.88. The van der Waals surface area contributed by atoms with Crippen molar-refractivity contribution in [3.05, 3.63) is 11.8 Å². The van der Waals surface area contributed by atoms with Crippen LogP contribution in [-0.2, 0) is 0 Å². The third kappa shape index (κ3) is 2.46. The molecule has 0 bridgehead atoms. The van der Waals surface area contributed by atoms with Crippen LogP contribution in [0.3, 0.4) is 0 Å². The van der Waals surface area contributed by atoms with E-state index < -0.39 is 0 Å². The molecule has 0 saturated carbocycles. The lowest BCUT2D eigenvalue weighted by Gasteiger charge is -2.25. The molecule has 1 aromatic heterocycles. The Morgan fingerprint density at radius 1 is 1.53 bits per heavy atom. The maximum absolute atomic E-state index is 6.03. The summed E-state index contributed by atoms with van der Waals surface area (Å²) in [7, 11) is 1.62. The van der Waals surface area contributed by atoms with Gasteiger partial charge in [0, 0.05) is 30.2 Å². The molecule has 0 aliphatic carbocycles. The van der Waals surface area contributed by atoms with Crippen LogP contribution >= 0.6 is 11.6 Å². The summed E-state index contributed by atoms with van der Waals surface area (Å²) in [5.41, 5.74) is 0.916. The molecule has 5 heteroatoms. The molecule has 0 radical (unpaired) electrons. The number of rotatable bonds is 3. The van der Waals surface area contributed by atoms with Crippen molar-refractivity contribution in [1.29, 1.82) is 0 Å². The number of nitrogens with zero attached hydrogens (tertiary/aromatic N) is 3. The SMILES string of the molecule is COc1cc(C)nc(N2CCC(C)C2CCl)n1. The molecule has 17 heavy (non-hydrogen) atoms. The minimum Gasteiger partial charge on any atom is -0.481 e. The average Bonchev–Trinajstić information content (AvgIpc) is 2.69. The highest BCUT2D eigenvalue weighted by Gasteiger charge is 2.32. The number of halogens is 1. The van der Waals surface area contributed by atoms with Gasteiger partial charge in [0.2, 0.25) is 11.8 Å². The molecule has 2 heterocycles. The Morgan fingerprint density at radius 2 is 2.29 bits per heavy atom. The van der Waals surface area contributed by atoms with E-state index in [0.717, 1.165) is 24.6 Å². The maximum Gasteiger partial charge on any atom is 0.229 e. The van der Waals surface area contributed by atoms with Crippen LogP contribution in [0.1, 0.15) is 19.0 Å². The smallest absolute Gasteiger partial charge is 0.229 e. The largest absolute Gasteiger partial charge is 0.481 e. The first kappa shape index (κ1) is 12.4. The van der Waals surface area contributed by atoms with Crippen LogP contribution in [0.2, 0.25) is 0 Å². The van der Waals surface area contributed by atoms with Crippen LogP contribution in [0.15, 0.2) is 6.07 Å². The van der Waals surface area contributed by atoms with Gasteiger partial charge in [-0.2, -0.15) is 4.98 Å². The van der Waals surface area contributed by atoms with Gasteiger partial charge in [0.15, 0.2) is 0 Å².